The maximum Gasteiger partial charge on any atom is 0.0577 e. The SMILES string of the molecule is CCC(C)/C=C/C(C)C1CCC2C3CC=C4CC(O)CCC4(C)C3CCC12C. The van der Waals surface area contributed by atoms with E-state index in [0.717, 1.165) is 42.4 Å². The van der Waals surface area contributed by atoms with Crippen LogP contribution in [-0.4, -0.2) is 11.2 Å². The molecule has 1 N–H and O–H groups in total. The zero-order chi connectivity index (χ0) is 20.1. The highest BCUT2D eigenvalue weighted by molar-refractivity contribution is 5.25. The van der Waals surface area contributed by atoms with Crippen LogP contribution in [-0.2, 0) is 0 Å². The lowest BCUT2D eigenvalue weighted by Gasteiger charge is -2.58. The molecule has 3 fully saturated rings. The van der Waals surface area contributed by atoms with E-state index in [9.17, 15) is 5.11 Å². The molecule has 9 unspecified atom stereocenters. The first kappa shape index (κ1) is 20.7. The molecule has 4 rings (SSSR count). The Kier molecular flexibility index (Phi) is 5.62. The van der Waals surface area contributed by atoms with Crippen molar-refractivity contribution in [3.63, 3.8) is 0 Å². The Bertz CT molecular complexity index is 632. The van der Waals surface area contributed by atoms with Crippen LogP contribution in [0.3, 0.4) is 0 Å². The third-order valence-corrected chi connectivity index (χ3v) is 10.2. The van der Waals surface area contributed by atoms with Crippen molar-refractivity contribution < 1.29 is 5.11 Å². The van der Waals surface area contributed by atoms with E-state index in [-0.39, 0.29) is 6.10 Å². The van der Waals surface area contributed by atoms with E-state index in [4.69, 9.17) is 0 Å². The maximum atomic E-state index is 10.2. The molecule has 0 aromatic carbocycles. The van der Waals surface area contributed by atoms with Crippen molar-refractivity contribution in [2.75, 3.05) is 0 Å². The van der Waals surface area contributed by atoms with Gasteiger partial charge < -0.3 is 5.11 Å². The Morgan fingerprint density at radius 3 is 2.61 bits per heavy atom. The van der Waals surface area contributed by atoms with Gasteiger partial charge in [-0.15, -0.1) is 0 Å². The lowest BCUT2D eigenvalue weighted by Crippen LogP contribution is -2.50. The van der Waals surface area contributed by atoms with E-state index in [2.05, 4.69) is 52.8 Å². The summed E-state index contributed by atoms with van der Waals surface area (Å²) < 4.78 is 0. The fourth-order valence-electron chi connectivity index (χ4n) is 8.18. The minimum absolute atomic E-state index is 0.0845. The molecule has 0 aliphatic heterocycles. The molecule has 1 heteroatoms. The highest BCUT2D eigenvalue weighted by Gasteiger charge is 2.58. The molecule has 0 saturated heterocycles. The minimum Gasteiger partial charge on any atom is -0.393 e. The summed E-state index contributed by atoms with van der Waals surface area (Å²) in [6.45, 7) is 12.3. The van der Waals surface area contributed by atoms with Gasteiger partial charge in [0.2, 0.25) is 0 Å². The van der Waals surface area contributed by atoms with Crippen molar-refractivity contribution in [1.29, 1.82) is 0 Å². The summed E-state index contributed by atoms with van der Waals surface area (Å²) in [5, 5.41) is 10.2. The van der Waals surface area contributed by atoms with Crippen LogP contribution in [0.4, 0.5) is 0 Å². The molecular formula is C27H44O. The second-order valence-electron chi connectivity index (χ2n) is 11.5. The van der Waals surface area contributed by atoms with Crippen molar-refractivity contribution in [3.8, 4) is 0 Å². The first-order valence-electron chi connectivity index (χ1n) is 12.4. The molecule has 0 aromatic rings. The molecular weight excluding hydrogens is 340 g/mol. The molecule has 9 atom stereocenters. The van der Waals surface area contributed by atoms with E-state index in [1.807, 2.05) is 0 Å². The molecule has 0 spiro atoms. The standard InChI is InChI=1S/C27H44O/c1-6-18(2)7-8-19(3)23-11-12-24-22-10-9-20-17-21(28)13-15-26(20,4)25(22)14-16-27(23,24)5/h7-9,18-19,21-25,28H,6,10-17H2,1-5H3/b8-7+. The van der Waals surface area contributed by atoms with Crippen LogP contribution in [0.1, 0.15) is 92.4 Å². The third kappa shape index (κ3) is 3.24. The molecule has 0 heterocycles. The number of aliphatic hydroxyl groups excluding tert-OH is 1. The van der Waals surface area contributed by atoms with Gasteiger partial charge in [0.25, 0.3) is 0 Å². The maximum absolute atomic E-state index is 10.2. The lowest BCUT2D eigenvalue weighted by molar-refractivity contribution is -0.0540. The molecule has 4 aliphatic carbocycles. The predicted octanol–water partition coefficient (Wildman–Crippen LogP) is 7.16. The van der Waals surface area contributed by atoms with Gasteiger partial charge in [-0.3, -0.25) is 0 Å². The van der Waals surface area contributed by atoms with Crippen molar-refractivity contribution in [3.05, 3.63) is 23.8 Å². The van der Waals surface area contributed by atoms with Gasteiger partial charge in [0.05, 0.1) is 6.10 Å². The summed E-state index contributed by atoms with van der Waals surface area (Å²) in [5.41, 5.74) is 2.52. The summed E-state index contributed by atoms with van der Waals surface area (Å²) in [6, 6.07) is 0. The number of rotatable bonds is 4. The zero-order valence-corrected chi connectivity index (χ0v) is 19.1. The van der Waals surface area contributed by atoms with E-state index >= 15 is 0 Å². The van der Waals surface area contributed by atoms with Crippen LogP contribution >= 0.6 is 0 Å². The van der Waals surface area contributed by atoms with Crippen LogP contribution in [0.2, 0.25) is 0 Å². The Morgan fingerprint density at radius 1 is 1.07 bits per heavy atom. The van der Waals surface area contributed by atoms with Crippen molar-refractivity contribution in [2.24, 2.45) is 46.3 Å². The molecule has 3 saturated carbocycles. The van der Waals surface area contributed by atoms with Gasteiger partial charge in [-0.25, -0.2) is 0 Å². The number of allylic oxidation sites excluding steroid dienone is 3. The second kappa shape index (κ2) is 7.60. The van der Waals surface area contributed by atoms with Gasteiger partial charge in [0.1, 0.15) is 0 Å². The zero-order valence-electron chi connectivity index (χ0n) is 19.1. The summed E-state index contributed by atoms with van der Waals surface area (Å²) in [5.74, 6) is 4.96. The molecule has 28 heavy (non-hydrogen) atoms. The molecule has 0 bridgehead atoms. The van der Waals surface area contributed by atoms with E-state index in [1.165, 1.54) is 44.9 Å². The van der Waals surface area contributed by atoms with Gasteiger partial charge in [-0.1, -0.05) is 64.8 Å². The fraction of sp³-hybridized carbons (Fsp3) is 0.852. The molecule has 0 amide bonds. The average Bonchev–Trinajstić information content (AvgIpc) is 3.03. The Balaban J connectivity index is 1.54. The fourth-order valence-corrected chi connectivity index (χ4v) is 8.18. The number of hydrogen-bond donors (Lipinski definition) is 1. The third-order valence-electron chi connectivity index (χ3n) is 10.2. The quantitative estimate of drug-likeness (QED) is 0.510. The Morgan fingerprint density at radius 2 is 1.86 bits per heavy atom. The Labute approximate surface area is 174 Å². The highest BCUT2D eigenvalue weighted by atomic mass is 16.3. The summed E-state index contributed by atoms with van der Waals surface area (Å²) in [7, 11) is 0. The van der Waals surface area contributed by atoms with Crippen LogP contribution in [0.25, 0.3) is 0 Å². The number of fused-ring (bicyclic) bond motifs is 5. The van der Waals surface area contributed by atoms with E-state index < -0.39 is 0 Å². The summed E-state index contributed by atoms with van der Waals surface area (Å²) in [4.78, 5) is 0. The molecule has 0 radical (unpaired) electrons. The average molecular weight is 385 g/mol. The minimum atomic E-state index is -0.0845. The van der Waals surface area contributed by atoms with Crippen LogP contribution < -0.4 is 0 Å². The molecule has 0 aromatic heterocycles. The second-order valence-corrected chi connectivity index (χ2v) is 11.5. The van der Waals surface area contributed by atoms with Crippen molar-refractivity contribution >= 4 is 0 Å². The summed E-state index contributed by atoms with van der Waals surface area (Å²) in [6.07, 6.45) is 19.0. The first-order valence-corrected chi connectivity index (χ1v) is 12.4. The Hall–Kier alpha value is -0.560. The molecule has 158 valence electrons. The molecule has 1 nitrogen and oxygen atoms in total. The van der Waals surface area contributed by atoms with Gasteiger partial charge in [-0.05, 0) is 97.7 Å². The van der Waals surface area contributed by atoms with Crippen LogP contribution in [0.15, 0.2) is 23.8 Å². The van der Waals surface area contributed by atoms with E-state index in [1.54, 1.807) is 5.57 Å². The normalized spacial score (nSPS) is 47.8. The lowest BCUT2D eigenvalue weighted by atomic mass is 9.47. The predicted molar refractivity (Wildman–Crippen MR) is 119 cm³/mol. The topological polar surface area (TPSA) is 20.2 Å². The van der Waals surface area contributed by atoms with E-state index in [0.29, 0.717) is 16.7 Å². The highest BCUT2D eigenvalue weighted by Crippen LogP contribution is 2.67. The number of hydrogen-bond acceptors (Lipinski definition) is 1. The van der Waals surface area contributed by atoms with Gasteiger partial charge in [0, 0.05) is 0 Å². The monoisotopic (exact) mass is 384 g/mol. The van der Waals surface area contributed by atoms with Crippen LogP contribution in [0.5, 0.6) is 0 Å². The molecule has 4 aliphatic rings. The number of aliphatic hydroxyl groups is 1. The van der Waals surface area contributed by atoms with Crippen molar-refractivity contribution in [1.82, 2.24) is 0 Å². The van der Waals surface area contributed by atoms with Crippen LogP contribution in [0, 0.1) is 46.3 Å². The van der Waals surface area contributed by atoms with Crippen molar-refractivity contribution in [2.45, 2.75) is 98.5 Å². The smallest absolute Gasteiger partial charge is 0.0577 e. The van der Waals surface area contributed by atoms with Gasteiger partial charge in [0.15, 0.2) is 0 Å². The first-order chi connectivity index (χ1) is 13.3. The van der Waals surface area contributed by atoms with Gasteiger partial charge >= 0.3 is 0 Å². The summed E-state index contributed by atoms with van der Waals surface area (Å²) >= 11 is 0. The largest absolute Gasteiger partial charge is 0.393 e. The van der Waals surface area contributed by atoms with Gasteiger partial charge in [-0.2, -0.15) is 0 Å².